The third-order valence-corrected chi connectivity index (χ3v) is 5.08. The van der Waals surface area contributed by atoms with Crippen LogP contribution >= 0.6 is 15.9 Å². The van der Waals surface area contributed by atoms with E-state index in [-0.39, 0.29) is 16.3 Å². The number of nitrogens with zero attached hydrogens (tertiary/aromatic N) is 3. The van der Waals surface area contributed by atoms with Gasteiger partial charge in [-0.3, -0.25) is 4.98 Å². The van der Waals surface area contributed by atoms with Gasteiger partial charge in [-0.15, -0.1) is 0 Å². The number of rotatable bonds is 5. The number of hydrogen-bond acceptors (Lipinski definition) is 8. The van der Waals surface area contributed by atoms with Crippen molar-refractivity contribution in [3.63, 3.8) is 0 Å². The minimum atomic E-state index is -3.96. The molecule has 0 radical (unpaired) electrons. The molecule has 0 spiro atoms. The second-order valence-corrected chi connectivity index (χ2v) is 7.85. The van der Waals surface area contributed by atoms with Gasteiger partial charge >= 0.3 is 5.97 Å². The highest BCUT2D eigenvalue weighted by atomic mass is 79.9. The molecule has 3 aromatic rings. The minimum Gasteiger partial charge on any atom is -0.449 e. The zero-order valence-electron chi connectivity index (χ0n) is 13.9. The van der Waals surface area contributed by atoms with Crippen LogP contribution in [0.25, 0.3) is 11.4 Å². The third-order valence-electron chi connectivity index (χ3n) is 3.48. The monoisotopic (exact) mass is 452 g/mol. The highest BCUT2D eigenvalue weighted by Crippen LogP contribution is 2.25. The van der Waals surface area contributed by atoms with E-state index < -0.39 is 22.1 Å². The fourth-order valence-corrected chi connectivity index (χ4v) is 3.07. The summed E-state index contributed by atoms with van der Waals surface area (Å²) in [5.74, 6) is -0.389. The van der Waals surface area contributed by atoms with Crippen molar-refractivity contribution in [3.8, 4) is 11.4 Å². The van der Waals surface area contributed by atoms with Gasteiger partial charge in [0, 0.05) is 22.4 Å². The molecule has 0 aliphatic heterocycles. The number of esters is 1. The van der Waals surface area contributed by atoms with Gasteiger partial charge in [-0.05, 0) is 53.2 Å². The van der Waals surface area contributed by atoms with Crippen molar-refractivity contribution in [1.29, 1.82) is 0 Å². The largest absolute Gasteiger partial charge is 0.449 e. The number of ether oxygens (including phenoxy) is 1. The molecule has 0 fully saturated rings. The summed E-state index contributed by atoms with van der Waals surface area (Å²) in [5, 5.41) is 8.92. The molecule has 1 aromatic carbocycles. The van der Waals surface area contributed by atoms with Crippen LogP contribution in [0.4, 0.5) is 0 Å². The first kappa shape index (κ1) is 19.1. The molecule has 1 unspecified atom stereocenters. The van der Waals surface area contributed by atoms with Crippen molar-refractivity contribution in [2.75, 3.05) is 0 Å². The maximum Gasteiger partial charge on any atom is 0.340 e. The summed E-state index contributed by atoms with van der Waals surface area (Å²) < 4.78 is 33.7. The Morgan fingerprint density at radius 3 is 2.78 bits per heavy atom. The second-order valence-electron chi connectivity index (χ2n) is 5.43. The Hall–Kier alpha value is -2.63. The molecule has 2 N–H and O–H groups in total. The normalized spacial score (nSPS) is 12.6. The maximum atomic E-state index is 12.4. The van der Waals surface area contributed by atoms with Crippen molar-refractivity contribution in [3.05, 3.63) is 58.7 Å². The van der Waals surface area contributed by atoms with Crippen LogP contribution in [0, 0.1) is 0 Å². The van der Waals surface area contributed by atoms with E-state index >= 15 is 0 Å². The van der Waals surface area contributed by atoms with Gasteiger partial charge in [0.05, 0.1) is 10.5 Å². The fraction of sp³-hybridized carbons (Fsp3) is 0.125. The molecule has 27 heavy (non-hydrogen) atoms. The highest BCUT2D eigenvalue weighted by Gasteiger charge is 2.23. The Balaban J connectivity index is 1.80. The van der Waals surface area contributed by atoms with E-state index in [9.17, 15) is 13.2 Å². The Kier molecular flexibility index (Phi) is 5.35. The standard InChI is InChI=1S/C16H13BrN4O5S/c1-9(15-20-14(21-26-15)10-3-2-6-19-8-10)25-16(22)12-7-11(27(18,23)24)4-5-13(12)17/h2-9H,1H3,(H2,18,23,24). The summed E-state index contributed by atoms with van der Waals surface area (Å²) in [5.41, 5.74) is 0.648. The van der Waals surface area contributed by atoms with Crippen LogP contribution in [0.1, 0.15) is 29.3 Å². The van der Waals surface area contributed by atoms with E-state index in [4.69, 9.17) is 14.4 Å². The van der Waals surface area contributed by atoms with Crippen molar-refractivity contribution >= 4 is 31.9 Å². The smallest absolute Gasteiger partial charge is 0.340 e. The molecule has 140 valence electrons. The van der Waals surface area contributed by atoms with E-state index in [1.54, 1.807) is 31.5 Å². The summed E-state index contributed by atoms with van der Waals surface area (Å²) >= 11 is 3.18. The second kappa shape index (κ2) is 7.55. The highest BCUT2D eigenvalue weighted by molar-refractivity contribution is 9.10. The van der Waals surface area contributed by atoms with Crippen LogP contribution in [0.15, 0.2) is 56.6 Å². The van der Waals surface area contributed by atoms with Gasteiger partial charge in [0.2, 0.25) is 15.8 Å². The molecule has 0 amide bonds. The van der Waals surface area contributed by atoms with Crippen LogP contribution in [0.3, 0.4) is 0 Å². The van der Waals surface area contributed by atoms with Crippen LogP contribution in [-0.4, -0.2) is 29.5 Å². The Labute approximate surface area is 162 Å². The molecule has 11 heteroatoms. The van der Waals surface area contributed by atoms with Crippen molar-refractivity contribution in [2.24, 2.45) is 5.14 Å². The van der Waals surface area contributed by atoms with Crippen LogP contribution < -0.4 is 5.14 Å². The first-order chi connectivity index (χ1) is 12.8. The lowest BCUT2D eigenvalue weighted by Crippen LogP contribution is -2.15. The number of benzene rings is 1. The number of carbonyl (C=O) groups is 1. The zero-order chi connectivity index (χ0) is 19.6. The van der Waals surface area contributed by atoms with E-state index in [0.29, 0.717) is 15.9 Å². The number of halogens is 1. The molecular formula is C16H13BrN4O5S. The Bertz CT molecular complexity index is 1090. The third kappa shape index (κ3) is 4.38. The quantitative estimate of drug-likeness (QED) is 0.582. The molecule has 2 aromatic heterocycles. The van der Waals surface area contributed by atoms with Crippen LogP contribution in [-0.2, 0) is 14.8 Å². The predicted molar refractivity (Wildman–Crippen MR) is 96.9 cm³/mol. The first-order valence-corrected chi connectivity index (χ1v) is 9.87. The number of primary sulfonamides is 1. The molecule has 0 saturated heterocycles. The van der Waals surface area contributed by atoms with E-state index in [2.05, 4.69) is 31.1 Å². The molecule has 0 saturated carbocycles. The van der Waals surface area contributed by atoms with Crippen molar-refractivity contribution in [2.45, 2.75) is 17.9 Å². The number of nitrogens with two attached hydrogens (primary N) is 1. The van der Waals surface area contributed by atoms with Crippen molar-refractivity contribution in [1.82, 2.24) is 15.1 Å². The number of aromatic nitrogens is 3. The number of carbonyl (C=O) groups excluding carboxylic acids is 1. The lowest BCUT2D eigenvalue weighted by atomic mass is 10.2. The van der Waals surface area contributed by atoms with E-state index in [1.807, 2.05) is 0 Å². The molecule has 3 rings (SSSR count). The van der Waals surface area contributed by atoms with E-state index in [1.165, 1.54) is 12.1 Å². The van der Waals surface area contributed by atoms with E-state index in [0.717, 1.165) is 6.07 Å². The minimum absolute atomic E-state index is 0.000346. The summed E-state index contributed by atoms with van der Waals surface area (Å²) in [7, 11) is -3.96. The van der Waals surface area contributed by atoms with Crippen molar-refractivity contribution < 1.29 is 22.5 Å². The van der Waals surface area contributed by atoms with Gasteiger partial charge in [0.25, 0.3) is 5.89 Å². The topological polar surface area (TPSA) is 138 Å². The SMILES string of the molecule is CC(OC(=O)c1cc(S(N)(=O)=O)ccc1Br)c1nc(-c2cccnc2)no1. The average Bonchev–Trinajstić information content (AvgIpc) is 3.12. The van der Waals surface area contributed by atoms with Gasteiger partial charge in [-0.1, -0.05) is 5.16 Å². The fourth-order valence-electron chi connectivity index (χ4n) is 2.12. The Morgan fingerprint density at radius 1 is 1.33 bits per heavy atom. The molecule has 9 nitrogen and oxygen atoms in total. The molecule has 1 atom stereocenters. The average molecular weight is 453 g/mol. The summed E-state index contributed by atoms with van der Waals surface area (Å²) in [6, 6.07) is 7.29. The van der Waals surface area contributed by atoms with Crippen LogP contribution in [0.5, 0.6) is 0 Å². The Morgan fingerprint density at radius 2 is 2.11 bits per heavy atom. The predicted octanol–water partition coefficient (Wildman–Crippen LogP) is 2.46. The molecule has 0 aliphatic rings. The molecule has 0 aliphatic carbocycles. The first-order valence-electron chi connectivity index (χ1n) is 7.53. The molecule has 2 heterocycles. The molecule has 0 bridgehead atoms. The summed E-state index contributed by atoms with van der Waals surface area (Å²) in [4.78, 5) is 20.4. The van der Waals surface area contributed by atoms with Gasteiger partial charge in [-0.2, -0.15) is 4.98 Å². The maximum absolute atomic E-state index is 12.4. The lowest BCUT2D eigenvalue weighted by molar-refractivity contribution is 0.0264. The lowest BCUT2D eigenvalue weighted by Gasteiger charge is -2.11. The number of sulfonamides is 1. The number of pyridine rings is 1. The van der Waals surface area contributed by atoms with Gasteiger partial charge in [0.15, 0.2) is 6.10 Å². The van der Waals surface area contributed by atoms with Gasteiger partial charge in [0.1, 0.15) is 0 Å². The molecular weight excluding hydrogens is 440 g/mol. The van der Waals surface area contributed by atoms with Crippen LogP contribution in [0.2, 0.25) is 0 Å². The summed E-state index contributed by atoms with van der Waals surface area (Å²) in [6.45, 7) is 1.55. The van der Waals surface area contributed by atoms with Gasteiger partial charge < -0.3 is 9.26 Å². The zero-order valence-corrected chi connectivity index (χ0v) is 16.3. The number of hydrogen-bond donors (Lipinski definition) is 1. The van der Waals surface area contributed by atoms with Gasteiger partial charge in [-0.25, -0.2) is 18.4 Å². The summed E-state index contributed by atoms with van der Waals surface area (Å²) in [6.07, 6.45) is 2.32.